The fraction of sp³-hybridized carbons (Fsp3) is 0.727. The standard InChI is InChI=1S/C11H21N3/c1-5-11(2,3)8-14-9-13-7-10(14)6-12-4/h7,9,12H,5-6,8H2,1-4H3. The second-order valence-corrected chi connectivity index (χ2v) is 4.56. The van der Waals surface area contributed by atoms with Gasteiger partial charge in [0.15, 0.2) is 0 Å². The molecule has 14 heavy (non-hydrogen) atoms. The SMILES string of the molecule is CCC(C)(C)Cn1cncc1CNC. The first-order chi connectivity index (χ1) is 6.59. The molecule has 0 fully saturated rings. The van der Waals surface area contributed by atoms with Crippen molar-refractivity contribution in [2.24, 2.45) is 5.41 Å². The molecule has 1 N–H and O–H groups in total. The topological polar surface area (TPSA) is 29.9 Å². The van der Waals surface area contributed by atoms with Crippen molar-refractivity contribution in [3.8, 4) is 0 Å². The molecule has 0 spiro atoms. The van der Waals surface area contributed by atoms with Crippen molar-refractivity contribution in [1.82, 2.24) is 14.9 Å². The summed E-state index contributed by atoms with van der Waals surface area (Å²) < 4.78 is 2.24. The second-order valence-electron chi connectivity index (χ2n) is 4.56. The maximum Gasteiger partial charge on any atom is 0.0948 e. The molecule has 0 atom stereocenters. The van der Waals surface area contributed by atoms with Gasteiger partial charge in [-0.25, -0.2) is 4.98 Å². The smallest absolute Gasteiger partial charge is 0.0948 e. The molecule has 0 amide bonds. The molecule has 0 saturated heterocycles. The number of aromatic nitrogens is 2. The van der Waals surface area contributed by atoms with E-state index in [-0.39, 0.29) is 0 Å². The zero-order valence-electron chi connectivity index (χ0n) is 9.67. The Morgan fingerprint density at radius 1 is 1.50 bits per heavy atom. The minimum atomic E-state index is 0.350. The first kappa shape index (κ1) is 11.2. The zero-order valence-corrected chi connectivity index (χ0v) is 9.67. The minimum Gasteiger partial charge on any atom is -0.333 e. The highest BCUT2D eigenvalue weighted by molar-refractivity contribution is 4.98. The highest BCUT2D eigenvalue weighted by atomic mass is 15.1. The molecule has 1 aromatic heterocycles. The molecular formula is C11H21N3. The van der Waals surface area contributed by atoms with E-state index in [9.17, 15) is 0 Å². The van der Waals surface area contributed by atoms with Crippen LogP contribution >= 0.6 is 0 Å². The Bertz CT molecular complexity index is 276. The van der Waals surface area contributed by atoms with E-state index in [1.807, 2.05) is 19.6 Å². The summed E-state index contributed by atoms with van der Waals surface area (Å²) in [5, 5.41) is 3.15. The van der Waals surface area contributed by atoms with Gasteiger partial charge in [0, 0.05) is 19.3 Å². The lowest BCUT2D eigenvalue weighted by molar-refractivity contribution is 0.290. The lowest BCUT2D eigenvalue weighted by Crippen LogP contribution is -2.21. The fourth-order valence-corrected chi connectivity index (χ4v) is 1.39. The third-order valence-electron chi connectivity index (χ3n) is 2.71. The third kappa shape index (κ3) is 2.84. The summed E-state index contributed by atoms with van der Waals surface area (Å²) in [7, 11) is 1.96. The van der Waals surface area contributed by atoms with E-state index >= 15 is 0 Å². The quantitative estimate of drug-likeness (QED) is 0.779. The molecule has 0 radical (unpaired) electrons. The largest absolute Gasteiger partial charge is 0.333 e. The Morgan fingerprint density at radius 2 is 2.21 bits per heavy atom. The van der Waals surface area contributed by atoms with Crippen LogP contribution in [0.1, 0.15) is 32.9 Å². The number of nitrogens with one attached hydrogen (secondary N) is 1. The maximum atomic E-state index is 4.18. The van der Waals surface area contributed by atoms with Crippen LogP contribution in [0.5, 0.6) is 0 Å². The Morgan fingerprint density at radius 3 is 2.79 bits per heavy atom. The van der Waals surface area contributed by atoms with E-state index < -0.39 is 0 Å². The summed E-state index contributed by atoms with van der Waals surface area (Å²) in [5.74, 6) is 0. The number of hydrogen-bond acceptors (Lipinski definition) is 2. The van der Waals surface area contributed by atoms with E-state index in [2.05, 4.69) is 35.6 Å². The van der Waals surface area contributed by atoms with Gasteiger partial charge in [-0.1, -0.05) is 20.8 Å². The van der Waals surface area contributed by atoms with Crippen LogP contribution in [-0.2, 0) is 13.1 Å². The molecule has 0 saturated carbocycles. The molecule has 0 aromatic carbocycles. The molecule has 0 aliphatic heterocycles. The van der Waals surface area contributed by atoms with Crippen LogP contribution < -0.4 is 5.32 Å². The second kappa shape index (κ2) is 4.60. The Balaban J connectivity index is 2.70. The minimum absolute atomic E-state index is 0.350. The molecule has 80 valence electrons. The summed E-state index contributed by atoms with van der Waals surface area (Å²) in [5.41, 5.74) is 1.61. The highest BCUT2D eigenvalue weighted by Crippen LogP contribution is 2.22. The molecule has 0 aliphatic carbocycles. The van der Waals surface area contributed by atoms with Crippen LogP contribution in [-0.4, -0.2) is 16.6 Å². The average molecular weight is 195 g/mol. The van der Waals surface area contributed by atoms with Crippen LogP contribution in [0.15, 0.2) is 12.5 Å². The molecule has 3 nitrogen and oxygen atoms in total. The van der Waals surface area contributed by atoms with Crippen LogP contribution in [0.25, 0.3) is 0 Å². The molecule has 3 heteroatoms. The molecule has 1 aromatic rings. The predicted octanol–water partition coefficient (Wildman–Crippen LogP) is 2.04. The van der Waals surface area contributed by atoms with Crippen molar-refractivity contribution in [3.63, 3.8) is 0 Å². The molecule has 0 bridgehead atoms. The summed E-state index contributed by atoms with van der Waals surface area (Å²) in [4.78, 5) is 4.18. The monoisotopic (exact) mass is 195 g/mol. The first-order valence-corrected chi connectivity index (χ1v) is 5.22. The van der Waals surface area contributed by atoms with E-state index in [0.29, 0.717) is 5.41 Å². The van der Waals surface area contributed by atoms with Gasteiger partial charge < -0.3 is 9.88 Å². The van der Waals surface area contributed by atoms with Crippen LogP contribution in [0.3, 0.4) is 0 Å². The van der Waals surface area contributed by atoms with E-state index in [1.165, 1.54) is 12.1 Å². The summed E-state index contributed by atoms with van der Waals surface area (Å²) in [6, 6.07) is 0. The molecular weight excluding hydrogens is 174 g/mol. The van der Waals surface area contributed by atoms with E-state index in [1.54, 1.807) is 0 Å². The molecule has 0 unspecified atom stereocenters. The summed E-state index contributed by atoms with van der Waals surface area (Å²) in [6.07, 6.45) is 5.04. The van der Waals surface area contributed by atoms with Gasteiger partial charge in [-0.05, 0) is 18.9 Å². The number of imidazole rings is 1. The van der Waals surface area contributed by atoms with Crippen molar-refractivity contribution in [2.75, 3.05) is 7.05 Å². The average Bonchev–Trinajstić information content (AvgIpc) is 2.53. The lowest BCUT2D eigenvalue weighted by atomic mass is 9.90. The van der Waals surface area contributed by atoms with Crippen LogP contribution in [0.2, 0.25) is 0 Å². The van der Waals surface area contributed by atoms with Crippen molar-refractivity contribution in [2.45, 2.75) is 40.3 Å². The molecule has 0 aliphatic rings. The van der Waals surface area contributed by atoms with Crippen molar-refractivity contribution < 1.29 is 0 Å². The van der Waals surface area contributed by atoms with Crippen molar-refractivity contribution in [3.05, 3.63) is 18.2 Å². The predicted molar refractivity (Wildman–Crippen MR) is 59.1 cm³/mol. The summed E-state index contributed by atoms with van der Waals surface area (Å²) >= 11 is 0. The van der Waals surface area contributed by atoms with Gasteiger partial charge in [-0.15, -0.1) is 0 Å². The van der Waals surface area contributed by atoms with Gasteiger partial charge in [-0.3, -0.25) is 0 Å². The van der Waals surface area contributed by atoms with Gasteiger partial charge in [0.1, 0.15) is 0 Å². The Hall–Kier alpha value is -0.830. The normalized spacial score (nSPS) is 12.0. The highest BCUT2D eigenvalue weighted by Gasteiger charge is 2.16. The van der Waals surface area contributed by atoms with Gasteiger partial charge in [0.05, 0.1) is 12.0 Å². The van der Waals surface area contributed by atoms with Crippen LogP contribution in [0, 0.1) is 5.41 Å². The Labute approximate surface area is 86.5 Å². The zero-order chi connectivity index (χ0) is 10.6. The van der Waals surface area contributed by atoms with Gasteiger partial charge in [0.2, 0.25) is 0 Å². The Kier molecular flexibility index (Phi) is 3.69. The van der Waals surface area contributed by atoms with Gasteiger partial charge in [-0.2, -0.15) is 0 Å². The van der Waals surface area contributed by atoms with E-state index in [4.69, 9.17) is 0 Å². The molecule has 1 heterocycles. The first-order valence-electron chi connectivity index (χ1n) is 5.22. The lowest BCUT2D eigenvalue weighted by Gasteiger charge is -2.24. The fourth-order valence-electron chi connectivity index (χ4n) is 1.39. The van der Waals surface area contributed by atoms with Crippen LogP contribution in [0.4, 0.5) is 0 Å². The van der Waals surface area contributed by atoms with Gasteiger partial charge >= 0.3 is 0 Å². The number of nitrogens with zero attached hydrogens (tertiary/aromatic N) is 2. The number of hydrogen-bond donors (Lipinski definition) is 1. The summed E-state index contributed by atoms with van der Waals surface area (Å²) in [6.45, 7) is 8.74. The van der Waals surface area contributed by atoms with E-state index in [0.717, 1.165) is 13.1 Å². The maximum absolute atomic E-state index is 4.18. The number of rotatable bonds is 5. The third-order valence-corrected chi connectivity index (χ3v) is 2.71. The van der Waals surface area contributed by atoms with Gasteiger partial charge in [0.25, 0.3) is 0 Å². The van der Waals surface area contributed by atoms with Crippen molar-refractivity contribution >= 4 is 0 Å². The van der Waals surface area contributed by atoms with Crippen molar-refractivity contribution in [1.29, 1.82) is 0 Å². The molecule has 1 rings (SSSR count).